The van der Waals surface area contributed by atoms with Gasteiger partial charge in [0, 0.05) is 23.4 Å². The number of fused-ring (bicyclic) bond motifs is 1. The van der Waals surface area contributed by atoms with E-state index in [1.54, 1.807) is 0 Å². The molecule has 2 aromatic heterocycles. The van der Waals surface area contributed by atoms with Gasteiger partial charge in [-0.05, 0) is 31.0 Å². The van der Waals surface area contributed by atoms with Crippen LogP contribution in [0.5, 0.6) is 0 Å². The Morgan fingerprint density at radius 3 is 2.83 bits per heavy atom. The number of nitrogens with zero attached hydrogens (tertiary/aromatic N) is 3. The van der Waals surface area contributed by atoms with Gasteiger partial charge in [-0.25, -0.2) is 4.98 Å². The van der Waals surface area contributed by atoms with Crippen molar-refractivity contribution in [3.63, 3.8) is 0 Å². The highest BCUT2D eigenvalue weighted by molar-refractivity contribution is 7.99. The van der Waals surface area contributed by atoms with E-state index in [0.29, 0.717) is 22.3 Å². The number of anilines is 1. The standard InChI is InChI=1S/C18H15F3N4O2S2/c19-18(20,21)11-2-1-3-12(6-11)22-14(26)9-28-8-13-7-15(27)25-17(23-13)29-16(24-25)10-4-5-10/h1-3,6-7,10H,4-5,8-9H2,(H,22,26). The van der Waals surface area contributed by atoms with E-state index < -0.39 is 17.6 Å². The Kier molecular flexibility index (Phi) is 5.34. The molecule has 152 valence electrons. The van der Waals surface area contributed by atoms with E-state index in [2.05, 4.69) is 15.4 Å². The molecule has 0 unspecified atom stereocenters. The third kappa shape index (κ3) is 4.78. The molecular weight excluding hydrogens is 425 g/mol. The van der Waals surface area contributed by atoms with Crippen LogP contribution in [-0.2, 0) is 16.7 Å². The molecule has 4 rings (SSSR count). The van der Waals surface area contributed by atoms with Gasteiger partial charge >= 0.3 is 6.18 Å². The summed E-state index contributed by atoms with van der Waals surface area (Å²) in [5.41, 5.74) is -0.462. The molecule has 0 bridgehead atoms. The predicted octanol–water partition coefficient (Wildman–Crippen LogP) is 3.92. The number of aromatic nitrogens is 3. The maximum absolute atomic E-state index is 12.7. The normalized spacial score (nSPS) is 14.3. The van der Waals surface area contributed by atoms with Crippen molar-refractivity contribution in [2.45, 2.75) is 30.7 Å². The summed E-state index contributed by atoms with van der Waals surface area (Å²) in [5, 5.41) is 7.67. The summed E-state index contributed by atoms with van der Waals surface area (Å²) in [4.78, 5) is 29.2. The lowest BCUT2D eigenvalue weighted by Gasteiger charge is -2.09. The van der Waals surface area contributed by atoms with Crippen molar-refractivity contribution in [2.24, 2.45) is 0 Å². The molecular formula is C18H15F3N4O2S2. The smallest absolute Gasteiger partial charge is 0.325 e. The average molecular weight is 440 g/mol. The maximum atomic E-state index is 12.7. The monoisotopic (exact) mass is 440 g/mol. The van der Waals surface area contributed by atoms with E-state index >= 15 is 0 Å². The van der Waals surface area contributed by atoms with Crippen LogP contribution < -0.4 is 10.9 Å². The Morgan fingerprint density at radius 2 is 2.10 bits per heavy atom. The number of carbonyl (C=O) groups excluding carboxylic acids is 1. The number of thioether (sulfide) groups is 1. The van der Waals surface area contributed by atoms with Crippen molar-refractivity contribution in [1.29, 1.82) is 0 Å². The fourth-order valence-electron chi connectivity index (χ4n) is 2.66. The summed E-state index contributed by atoms with van der Waals surface area (Å²) in [7, 11) is 0. The Bertz CT molecular complexity index is 1120. The first-order valence-electron chi connectivity index (χ1n) is 8.74. The summed E-state index contributed by atoms with van der Waals surface area (Å²) in [6, 6.07) is 5.86. The number of alkyl halides is 3. The van der Waals surface area contributed by atoms with Crippen molar-refractivity contribution < 1.29 is 18.0 Å². The lowest BCUT2D eigenvalue weighted by Crippen LogP contribution is -2.16. The van der Waals surface area contributed by atoms with Gasteiger partial charge < -0.3 is 5.32 Å². The number of rotatable bonds is 6. The first kappa shape index (κ1) is 19.9. The van der Waals surface area contributed by atoms with Crippen molar-refractivity contribution in [3.8, 4) is 0 Å². The minimum atomic E-state index is -4.47. The van der Waals surface area contributed by atoms with Crippen LogP contribution >= 0.6 is 23.1 Å². The van der Waals surface area contributed by atoms with Gasteiger partial charge in [0.05, 0.1) is 17.0 Å². The second kappa shape index (κ2) is 7.79. The topological polar surface area (TPSA) is 76.4 Å². The summed E-state index contributed by atoms with van der Waals surface area (Å²) >= 11 is 2.63. The molecule has 2 heterocycles. The molecule has 0 saturated heterocycles. The zero-order chi connectivity index (χ0) is 20.6. The molecule has 3 aromatic rings. The van der Waals surface area contributed by atoms with Gasteiger partial charge in [-0.1, -0.05) is 17.4 Å². The fourth-order valence-corrected chi connectivity index (χ4v) is 4.47. The minimum Gasteiger partial charge on any atom is -0.325 e. The Labute approximate surface area is 171 Å². The molecule has 11 heteroatoms. The van der Waals surface area contributed by atoms with E-state index in [1.165, 1.54) is 45.8 Å². The zero-order valence-corrected chi connectivity index (χ0v) is 16.5. The van der Waals surface area contributed by atoms with Crippen LogP contribution in [-0.4, -0.2) is 26.3 Å². The second-order valence-corrected chi connectivity index (χ2v) is 8.59. The molecule has 0 spiro atoms. The van der Waals surface area contributed by atoms with Crippen LogP contribution in [0.25, 0.3) is 4.96 Å². The minimum absolute atomic E-state index is 0.0211. The van der Waals surface area contributed by atoms with Crippen LogP contribution in [0.2, 0.25) is 0 Å². The molecule has 1 fully saturated rings. The largest absolute Gasteiger partial charge is 0.416 e. The number of hydrogen-bond donors (Lipinski definition) is 1. The lowest BCUT2D eigenvalue weighted by molar-refractivity contribution is -0.137. The number of benzene rings is 1. The van der Waals surface area contributed by atoms with Gasteiger partial charge in [0.15, 0.2) is 0 Å². The van der Waals surface area contributed by atoms with Crippen LogP contribution in [0.1, 0.15) is 35.0 Å². The van der Waals surface area contributed by atoms with Crippen LogP contribution in [0.15, 0.2) is 35.1 Å². The SMILES string of the molecule is O=C(CSCc1cc(=O)n2nc(C3CC3)sc2n1)Nc1cccc(C(F)(F)F)c1. The van der Waals surface area contributed by atoms with Gasteiger partial charge in [-0.2, -0.15) is 22.8 Å². The molecule has 1 aliphatic carbocycles. The summed E-state index contributed by atoms with van der Waals surface area (Å²) in [6.45, 7) is 0. The van der Waals surface area contributed by atoms with Crippen molar-refractivity contribution in [2.75, 3.05) is 11.1 Å². The first-order chi connectivity index (χ1) is 13.8. The number of amides is 1. The summed E-state index contributed by atoms with van der Waals surface area (Å²) in [5.74, 6) is 0.352. The van der Waals surface area contributed by atoms with Crippen molar-refractivity contribution in [3.05, 3.63) is 57.0 Å². The summed E-state index contributed by atoms with van der Waals surface area (Å²) in [6.07, 6.45) is -2.31. The molecule has 0 aliphatic heterocycles. The fraction of sp³-hybridized carbons (Fsp3) is 0.333. The Morgan fingerprint density at radius 1 is 1.31 bits per heavy atom. The van der Waals surface area contributed by atoms with Gasteiger partial charge in [-0.15, -0.1) is 11.8 Å². The molecule has 29 heavy (non-hydrogen) atoms. The molecule has 6 nitrogen and oxygen atoms in total. The molecule has 0 radical (unpaired) electrons. The molecule has 1 aromatic carbocycles. The Balaban J connectivity index is 1.35. The highest BCUT2D eigenvalue weighted by atomic mass is 32.2. The number of halogens is 3. The molecule has 1 saturated carbocycles. The van der Waals surface area contributed by atoms with Crippen LogP contribution in [0, 0.1) is 0 Å². The maximum Gasteiger partial charge on any atom is 0.416 e. The highest BCUT2D eigenvalue weighted by Crippen LogP contribution is 2.41. The third-order valence-electron chi connectivity index (χ3n) is 4.20. The van der Waals surface area contributed by atoms with E-state index in [-0.39, 0.29) is 17.0 Å². The Hall–Kier alpha value is -2.40. The second-order valence-electron chi connectivity index (χ2n) is 6.61. The number of nitrogens with one attached hydrogen (secondary N) is 1. The number of hydrogen-bond acceptors (Lipinski definition) is 6. The van der Waals surface area contributed by atoms with Gasteiger partial charge in [-0.3, -0.25) is 9.59 Å². The van der Waals surface area contributed by atoms with Crippen molar-refractivity contribution in [1.82, 2.24) is 14.6 Å². The molecule has 1 amide bonds. The quantitative estimate of drug-likeness (QED) is 0.629. The van der Waals surface area contributed by atoms with E-state index in [4.69, 9.17) is 0 Å². The third-order valence-corrected chi connectivity index (χ3v) is 6.23. The van der Waals surface area contributed by atoms with E-state index in [9.17, 15) is 22.8 Å². The number of carbonyl (C=O) groups is 1. The average Bonchev–Trinajstić information content (AvgIpc) is 3.41. The first-order valence-corrected chi connectivity index (χ1v) is 10.7. The van der Waals surface area contributed by atoms with Gasteiger partial charge in [0.25, 0.3) is 5.56 Å². The van der Waals surface area contributed by atoms with Gasteiger partial charge in [0.1, 0.15) is 5.01 Å². The van der Waals surface area contributed by atoms with E-state index in [0.717, 1.165) is 30.0 Å². The van der Waals surface area contributed by atoms with Crippen LogP contribution in [0.4, 0.5) is 18.9 Å². The zero-order valence-electron chi connectivity index (χ0n) is 14.9. The van der Waals surface area contributed by atoms with Crippen LogP contribution in [0.3, 0.4) is 0 Å². The molecule has 1 aliphatic rings. The lowest BCUT2D eigenvalue weighted by atomic mass is 10.2. The highest BCUT2D eigenvalue weighted by Gasteiger charge is 2.30. The molecule has 0 atom stereocenters. The molecule has 1 N–H and O–H groups in total. The van der Waals surface area contributed by atoms with Gasteiger partial charge in [0.2, 0.25) is 10.9 Å². The van der Waals surface area contributed by atoms with E-state index in [1.807, 2.05) is 0 Å². The summed E-state index contributed by atoms with van der Waals surface area (Å²) < 4.78 is 39.5. The predicted molar refractivity (Wildman–Crippen MR) is 105 cm³/mol. The van der Waals surface area contributed by atoms with Crippen molar-refractivity contribution >= 4 is 39.7 Å².